The smallest absolute Gasteiger partial charge is 0.290 e. The van der Waals surface area contributed by atoms with E-state index in [1.807, 2.05) is 48.5 Å². The maximum atomic E-state index is 13.4. The molecule has 1 amide bonds. The summed E-state index contributed by atoms with van der Waals surface area (Å²) in [4.78, 5) is 28.4. The van der Waals surface area contributed by atoms with Gasteiger partial charge in [0, 0.05) is 31.9 Å². The summed E-state index contributed by atoms with van der Waals surface area (Å²) in [5, 5.41) is 3.27. The van der Waals surface area contributed by atoms with Crippen molar-refractivity contribution in [1.82, 2.24) is 4.90 Å². The van der Waals surface area contributed by atoms with E-state index in [9.17, 15) is 9.59 Å². The topological polar surface area (TPSA) is 75.4 Å². The zero-order valence-electron chi connectivity index (χ0n) is 17.5. The average molecular weight is 406 g/mol. The summed E-state index contributed by atoms with van der Waals surface area (Å²) >= 11 is 0. The predicted octanol–water partition coefficient (Wildman–Crippen LogP) is 3.83. The highest BCUT2D eigenvalue weighted by Crippen LogP contribution is 2.32. The molecule has 4 rings (SSSR count). The molecule has 30 heavy (non-hydrogen) atoms. The van der Waals surface area contributed by atoms with E-state index in [1.165, 1.54) is 19.3 Å². The third kappa shape index (κ3) is 4.57. The quantitative estimate of drug-likeness (QED) is 0.687. The molecule has 0 aromatic heterocycles. The lowest BCUT2D eigenvalue weighted by atomic mass is 9.88. The van der Waals surface area contributed by atoms with Gasteiger partial charge in [-0.15, -0.1) is 0 Å². The Hall–Kier alpha value is -2.66. The molecule has 3 N–H and O–H groups in total. The molecule has 2 aliphatic rings. The summed E-state index contributed by atoms with van der Waals surface area (Å²) in [5.41, 5.74) is 9.75. The van der Waals surface area contributed by atoms with Crippen LogP contribution in [-0.4, -0.2) is 29.7 Å². The van der Waals surface area contributed by atoms with Crippen molar-refractivity contribution in [3.05, 3.63) is 65.2 Å². The number of nitrogens with two attached hydrogens (primary N) is 1. The third-order valence-corrected chi connectivity index (χ3v) is 6.45. The van der Waals surface area contributed by atoms with E-state index in [0.717, 1.165) is 35.2 Å². The van der Waals surface area contributed by atoms with Crippen molar-refractivity contribution < 1.29 is 9.59 Å². The Kier molecular flexibility index (Phi) is 6.48. The van der Waals surface area contributed by atoms with Gasteiger partial charge in [-0.25, -0.2) is 0 Å². The van der Waals surface area contributed by atoms with Gasteiger partial charge in [-0.3, -0.25) is 9.59 Å². The van der Waals surface area contributed by atoms with Crippen LogP contribution in [0.4, 0.5) is 5.69 Å². The minimum absolute atomic E-state index is 0.307. The molecular formula is C25H31N3O2. The van der Waals surface area contributed by atoms with Crippen LogP contribution in [0.1, 0.15) is 54.7 Å². The van der Waals surface area contributed by atoms with Crippen LogP contribution in [0.25, 0.3) is 0 Å². The van der Waals surface area contributed by atoms with Crippen LogP contribution < -0.4 is 11.1 Å². The van der Waals surface area contributed by atoms with Gasteiger partial charge in [-0.05, 0) is 41.5 Å². The normalized spacial score (nSPS) is 18.5. The monoisotopic (exact) mass is 405 g/mol. The maximum Gasteiger partial charge on any atom is 0.290 e. The Labute approximate surface area is 178 Å². The molecule has 1 heterocycles. The lowest BCUT2D eigenvalue weighted by Crippen LogP contribution is -2.42. The number of rotatable bonds is 7. The van der Waals surface area contributed by atoms with Crippen LogP contribution in [-0.2, 0) is 22.7 Å². The van der Waals surface area contributed by atoms with Crippen molar-refractivity contribution in [2.24, 2.45) is 11.7 Å². The number of para-hydroxylation sites is 1. The van der Waals surface area contributed by atoms with Crippen molar-refractivity contribution in [3.8, 4) is 0 Å². The number of nitrogens with one attached hydrogen (secondary N) is 1. The number of Topliss-reactive ketones (excluding diaryl/α,β-unsaturated/α-hetero) is 1. The molecule has 1 fully saturated rings. The highest BCUT2D eigenvalue weighted by atomic mass is 16.2. The van der Waals surface area contributed by atoms with Crippen LogP contribution in [0.15, 0.2) is 48.5 Å². The Morgan fingerprint density at radius 1 is 1.00 bits per heavy atom. The van der Waals surface area contributed by atoms with Gasteiger partial charge in [0.1, 0.15) is 0 Å². The number of carbonyl (C=O) groups is 2. The number of ketones is 1. The molecular weight excluding hydrogens is 374 g/mol. The number of anilines is 1. The molecule has 1 aliphatic carbocycles. The van der Waals surface area contributed by atoms with E-state index < -0.39 is 5.92 Å². The fourth-order valence-corrected chi connectivity index (χ4v) is 4.80. The second-order valence-electron chi connectivity index (χ2n) is 8.60. The van der Waals surface area contributed by atoms with Crippen LogP contribution >= 0.6 is 0 Å². The van der Waals surface area contributed by atoms with Gasteiger partial charge in [-0.2, -0.15) is 0 Å². The number of benzene rings is 2. The molecule has 1 atom stereocenters. The first-order valence-corrected chi connectivity index (χ1v) is 11.1. The fourth-order valence-electron chi connectivity index (χ4n) is 4.80. The molecule has 1 unspecified atom stereocenters. The predicted molar refractivity (Wildman–Crippen MR) is 119 cm³/mol. The number of amides is 1. The molecule has 0 saturated heterocycles. The number of hydrogen-bond acceptors (Lipinski definition) is 4. The van der Waals surface area contributed by atoms with E-state index >= 15 is 0 Å². The molecule has 0 bridgehead atoms. The van der Waals surface area contributed by atoms with E-state index in [4.69, 9.17) is 5.73 Å². The Morgan fingerprint density at radius 3 is 2.57 bits per heavy atom. The van der Waals surface area contributed by atoms with Gasteiger partial charge >= 0.3 is 0 Å². The number of hydrogen-bond donors (Lipinski definition) is 2. The van der Waals surface area contributed by atoms with Gasteiger partial charge in [-0.1, -0.05) is 61.7 Å². The summed E-state index contributed by atoms with van der Waals surface area (Å²) in [5.74, 6) is -0.597. The van der Waals surface area contributed by atoms with Crippen LogP contribution in [0, 0.1) is 5.92 Å². The molecule has 5 nitrogen and oxygen atoms in total. The number of fused-ring (bicyclic) bond motifs is 1. The molecule has 158 valence electrons. The zero-order chi connectivity index (χ0) is 20.9. The average Bonchev–Trinajstić information content (AvgIpc) is 3.22. The molecule has 0 spiro atoms. The van der Waals surface area contributed by atoms with E-state index in [0.29, 0.717) is 32.1 Å². The summed E-state index contributed by atoms with van der Waals surface area (Å²) in [7, 11) is 0. The largest absolute Gasteiger partial charge is 0.384 e. The van der Waals surface area contributed by atoms with Crippen molar-refractivity contribution in [1.29, 1.82) is 0 Å². The van der Waals surface area contributed by atoms with Gasteiger partial charge < -0.3 is 16.0 Å². The van der Waals surface area contributed by atoms with Crippen molar-refractivity contribution >= 4 is 17.4 Å². The van der Waals surface area contributed by atoms with E-state index in [2.05, 4.69) is 5.32 Å². The number of carbonyl (C=O) groups excluding carboxylic acids is 2. The molecule has 5 heteroatoms. The molecule has 1 aliphatic heterocycles. The van der Waals surface area contributed by atoms with Crippen LogP contribution in [0.2, 0.25) is 0 Å². The first kappa shape index (κ1) is 20.6. The lowest BCUT2D eigenvalue weighted by Gasteiger charge is -2.30. The van der Waals surface area contributed by atoms with Gasteiger partial charge in [0.05, 0.1) is 5.92 Å². The van der Waals surface area contributed by atoms with Crippen molar-refractivity contribution in [2.45, 2.75) is 51.1 Å². The Bertz CT molecular complexity index is 905. The number of nitrogens with zero attached hydrogens (tertiary/aromatic N) is 1. The second-order valence-corrected chi connectivity index (χ2v) is 8.60. The highest BCUT2D eigenvalue weighted by Gasteiger charge is 2.35. The zero-order valence-corrected chi connectivity index (χ0v) is 17.5. The summed E-state index contributed by atoms with van der Waals surface area (Å²) < 4.78 is 0. The third-order valence-electron chi connectivity index (χ3n) is 6.45. The van der Waals surface area contributed by atoms with Crippen molar-refractivity contribution in [2.75, 3.05) is 18.4 Å². The summed E-state index contributed by atoms with van der Waals surface area (Å²) in [6.45, 7) is 2.06. The van der Waals surface area contributed by atoms with E-state index in [1.54, 1.807) is 4.90 Å². The summed E-state index contributed by atoms with van der Waals surface area (Å²) in [6, 6.07) is 15.8. The minimum Gasteiger partial charge on any atom is -0.384 e. The first-order valence-electron chi connectivity index (χ1n) is 11.1. The SMILES string of the molecule is NCc1cccc(CN(CC2CCCCC2)C(=O)C(=O)C2CNc3ccccc32)c1. The first-order chi connectivity index (χ1) is 14.7. The summed E-state index contributed by atoms with van der Waals surface area (Å²) in [6.07, 6.45) is 5.96. The van der Waals surface area contributed by atoms with Gasteiger partial charge in [0.2, 0.25) is 5.78 Å². The molecule has 2 aromatic rings. The van der Waals surface area contributed by atoms with E-state index in [-0.39, 0.29) is 11.7 Å². The highest BCUT2D eigenvalue weighted by molar-refractivity contribution is 6.38. The maximum absolute atomic E-state index is 13.4. The fraction of sp³-hybridized carbons (Fsp3) is 0.440. The minimum atomic E-state index is -0.405. The van der Waals surface area contributed by atoms with Gasteiger partial charge in [0.15, 0.2) is 0 Å². The van der Waals surface area contributed by atoms with Crippen LogP contribution in [0.3, 0.4) is 0 Å². The molecule has 1 saturated carbocycles. The molecule has 0 radical (unpaired) electrons. The standard InChI is InChI=1S/C25H31N3O2/c26-14-19-9-6-10-20(13-19)17-28(16-18-7-2-1-3-8-18)25(30)24(29)22-15-27-23-12-5-4-11-21(22)23/h4-6,9-13,18,22,27H,1-3,7-8,14-17,26H2. The van der Waals surface area contributed by atoms with Crippen molar-refractivity contribution in [3.63, 3.8) is 0 Å². The Balaban J connectivity index is 1.54. The van der Waals surface area contributed by atoms with Gasteiger partial charge in [0.25, 0.3) is 5.91 Å². The molecule has 2 aromatic carbocycles. The Morgan fingerprint density at radius 2 is 1.77 bits per heavy atom. The van der Waals surface area contributed by atoms with Crippen LogP contribution in [0.5, 0.6) is 0 Å². The lowest BCUT2D eigenvalue weighted by molar-refractivity contribution is -0.146. The second kappa shape index (κ2) is 9.43.